The lowest BCUT2D eigenvalue weighted by Crippen LogP contribution is -1.87. The van der Waals surface area contributed by atoms with Crippen molar-refractivity contribution in [3.63, 3.8) is 0 Å². The van der Waals surface area contributed by atoms with E-state index in [1.54, 1.807) is 11.8 Å². The van der Waals surface area contributed by atoms with Crippen LogP contribution in [0.4, 0.5) is 0 Å². The molecule has 92 valence electrons. The van der Waals surface area contributed by atoms with Crippen molar-refractivity contribution in [2.75, 3.05) is 0 Å². The highest BCUT2D eigenvalue weighted by molar-refractivity contribution is 7.98. The molecule has 5 heteroatoms. The fraction of sp³-hybridized carbons (Fsp3) is 0.308. The first-order valence-electron chi connectivity index (χ1n) is 5.75. The minimum absolute atomic E-state index is 0.524. The van der Waals surface area contributed by atoms with Gasteiger partial charge < -0.3 is 4.52 Å². The smallest absolute Gasteiger partial charge is 0.226 e. The number of aryl methyl sites for hydroxylation is 1. The highest BCUT2D eigenvalue weighted by atomic mass is 32.2. The number of rotatable bonds is 6. The third-order valence-corrected chi connectivity index (χ3v) is 3.31. The second-order valence-electron chi connectivity index (χ2n) is 3.72. The molecule has 0 atom stereocenters. The highest BCUT2D eigenvalue weighted by Crippen LogP contribution is 2.20. The Morgan fingerprint density at radius 3 is 2.89 bits per heavy atom. The van der Waals surface area contributed by atoms with E-state index in [0.29, 0.717) is 30.3 Å². The fourth-order valence-electron chi connectivity index (χ4n) is 1.43. The molecule has 4 nitrogen and oxygen atoms in total. The predicted octanol–water partition coefficient (Wildman–Crippen LogP) is 3.21. The van der Waals surface area contributed by atoms with Gasteiger partial charge in [-0.05, 0) is 18.6 Å². The summed E-state index contributed by atoms with van der Waals surface area (Å²) in [5.74, 6) is 2.02. The molecule has 1 aromatic carbocycles. The molecule has 0 bridgehead atoms. The SMILES string of the molecule is N#CCCCc1nc(CSc2ccccc2)no1. The van der Waals surface area contributed by atoms with Crippen molar-refractivity contribution in [1.82, 2.24) is 10.1 Å². The maximum absolute atomic E-state index is 8.44. The molecule has 1 aromatic heterocycles. The van der Waals surface area contributed by atoms with Gasteiger partial charge in [-0.1, -0.05) is 23.4 Å². The lowest BCUT2D eigenvalue weighted by atomic mass is 10.2. The first-order valence-corrected chi connectivity index (χ1v) is 6.73. The van der Waals surface area contributed by atoms with Gasteiger partial charge >= 0.3 is 0 Å². The molecule has 0 unspecified atom stereocenters. The Kier molecular flexibility index (Phi) is 4.79. The molecule has 18 heavy (non-hydrogen) atoms. The summed E-state index contributed by atoms with van der Waals surface area (Å²) >= 11 is 1.68. The van der Waals surface area contributed by atoms with Crippen LogP contribution in [0, 0.1) is 11.3 Å². The zero-order chi connectivity index (χ0) is 12.6. The number of hydrogen-bond acceptors (Lipinski definition) is 5. The second kappa shape index (κ2) is 6.82. The molecule has 0 N–H and O–H groups in total. The zero-order valence-corrected chi connectivity index (χ0v) is 10.7. The first kappa shape index (κ1) is 12.7. The van der Waals surface area contributed by atoms with Gasteiger partial charge in [-0.3, -0.25) is 0 Å². The maximum atomic E-state index is 8.44. The number of hydrogen-bond donors (Lipinski definition) is 0. The summed E-state index contributed by atoms with van der Waals surface area (Å²) in [5, 5.41) is 12.4. The van der Waals surface area contributed by atoms with Crippen LogP contribution in [-0.4, -0.2) is 10.1 Å². The summed E-state index contributed by atoms with van der Waals surface area (Å²) in [6.45, 7) is 0. The Morgan fingerprint density at radius 1 is 1.28 bits per heavy atom. The van der Waals surface area contributed by atoms with E-state index in [0.717, 1.165) is 6.42 Å². The molecule has 0 saturated carbocycles. The van der Waals surface area contributed by atoms with E-state index in [2.05, 4.69) is 28.3 Å². The normalized spacial score (nSPS) is 10.2. The van der Waals surface area contributed by atoms with E-state index in [1.165, 1.54) is 4.90 Å². The molecule has 2 aromatic rings. The van der Waals surface area contributed by atoms with Gasteiger partial charge in [0, 0.05) is 17.7 Å². The van der Waals surface area contributed by atoms with Crippen LogP contribution in [0.2, 0.25) is 0 Å². The molecule has 0 aliphatic rings. The van der Waals surface area contributed by atoms with Crippen LogP contribution in [0.5, 0.6) is 0 Å². The van der Waals surface area contributed by atoms with Crippen molar-refractivity contribution in [2.45, 2.75) is 29.9 Å². The maximum Gasteiger partial charge on any atom is 0.226 e. The summed E-state index contributed by atoms with van der Waals surface area (Å²) in [4.78, 5) is 5.48. The number of thioether (sulfide) groups is 1. The molecule has 2 rings (SSSR count). The van der Waals surface area contributed by atoms with Crippen LogP contribution >= 0.6 is 11.8 Å². The van der Waals surface area contributed by atoms with E-state index >= 15 is 0 Å². The van der Waals surface area contributed by atoms with Gasteiger partial charge in [-0.15, -0.1) is 11.8 Å². The monoisotopic (exact) mass is 259 g/mol. The van der Waals surface area contributed by atoms with Crippen molar-refractivity contribution >= 4 is 11.8 Å². The Balaban J connectivity index is 1.82. The predicted molar refractivity (Wildman–Crippen MR) is 68.9 cm³/mol. The largest absolute Gasteiger partial charge is 0.339 e. The lowest BCUT2D eigenvalue weighted by Gasteiger charge is -1.96. The summed E-state index contributed by atoms with van der Waals surface area (Å²) < 4.78 is 5.12. The molecule has 0 fully saturated rings. The third-order valence-electron chi connectivity index (χ3n) is 2.30. The van der Waals surface area contributed by atoms with Crippen molar-refractivity contribution in [1.29, 1.82) is 5.26 Å². The summed E-state index contributed by atoms with van der Waals surface area (Å²) in [6.07, 6.45) is 1.97. The van der Waals surface area contributed by atoms with Gasteiger partial charge in [0.05, 0.1) is 11.8 Å². The van der Waals surface area contributed by atoms with Gasteiger partial charge in [0.2, 0.25) is 5.89 Å². The molecule has 0 saturated heterocycles. The Morgan fingerprint density at radius 2 is 2.11 bits per heavy atom. The van der Waals surface area contributed by atoms with E-state index in [-0.39, 0.29) is 0 Å². The van der Waals surface area contributed by atoms with Crippen molar-refractivity contribution in [3.8, 4) is 6.07 Å². The summed E-state index contributed by atoms with van der Waals surface area (Å²) in [5.41, 5.74) is 0. The van der Waals surface area contributed by atoms with Gasteiger partial charge in [0.25, 0.3) is 0 Å². The molecule has 0 spiro atoms. The van der Waals surface area contributed by atoms with Gasteiger partial charge in [0.15, 0.2) is 5.82 Å². The zero-order valence-electron chi connectivity index (χ0n) is 9.87. The number of benzene rings is 1. The topological polar surface area (TPSA) is 62.7 Å². The third kappa shape index (κ3) is 3.90. The van der Waals surface area contributed by atoms with Gasteiger partial charge in [0.1, 0.15) is 0 Å². The quantitative estimate of drug-likeness (QED) is 0.588. The van der Waals surface area contributed by atoms with E-state index < -0.39 is 0 Å². The Bertz CT molecular complexity index is 519. The standard InChI is InChI=1S/C13H13N3OS/c14-9-5-4-8-13-15-12(16-17-13)10-18-11-6-2-1-3-7-11/h1-3,6-7H,4-5,8,10H2. The average Bonchev–Trinajstić information content (AvgIpc) is 2.86. The summed E-state index contributed by atoms with van der Waals surface area (Å²) in [6, 6.07) is 12.2. The molecule has 0 radical (unpaired) electrons. The van der Waals surface area contributed by atoms with Crippen LogP contribution in [0.3, 0.4) is 0 Å². The molecule has 0 amide bonds. The van der Waals surface area contributed by atoms with E-state index in [4.69, 9.17) is 9.78 Å². The Labute approximate surface area is 110 Å². The number of nitriles is 1. The van der Waals surface area contributed by atoms with Crippen molar-refractivity contribution in [2.24, 2.45) is 0 Å². The van der Waals surface area contributed by atoms with Crippen LogP contribution in [0.1, 0.15) is 24.6 Å². The molecule has 0 aliphatic heterocycles. The van der Waals surface area contributed by atoms with Crippen LogP contribution in [0.15, 0.2) is 39.8 Å². The summed E-state index contributed by atoms with van der Waals surface area (Å²) in [7, 11) is 0. The molecule has 1 heterocycles. The minimum atomic E-state index is 0.524. The molecule has 0 aliphatic carbocycles. The van der Waals surface area contributed by atoms with Crippen molar-refractivity contribution < 1.29 is 4.52 Å². The highest BCUT2D eigenvalue weighted by Gasteiger charge is 2.06. The molecular weight excluding hydrogens is 246 g/mol. The second-order valence-corrected chi connectivity index (χ2v) is 4.77. The minimum Gasteiger partial charge on any atom is -0.339 e. The van der Waals surface area contributed by atoms with Crippen LogP contribution in [0.25, 0.3) is 0 Å². The number of aromatic nitrogens is 2. The van der Waals surface area contributed by atoms with E-state index in [1.807, 2.05) is 18.2 Å². The van der Waals surface area contributed by atoms with Crippen LogP contribution < -0.4 is 0 Å². The van der Waals surface area contributed by atoms with Gasteiger partial charge in [-0.25, -0.2) is 0 Å². The van der Waals surface area contributed by atoms with Gasteiger partial charge in [-0.2, -0.15) is 10.2 Å². The molecular formula is C13H13N3OS. The van der Waals surface area contributed by atoms with Crippen molar-refractivity contribution in [3.05, 3.63) is 42.0 Å². The fourth-order valence-corrected chi connectivity index (χ4v) is 2.20. The average molecular weight is 259 g/mol. The number of unbranched alkanes of at least 4 members (excludes halogenated alkanes) is 1. The first-order chi connectivity index (χ1) is 8.88. The Hall–Kier alpha value is -1.80. The van der Waals surface area contributed by atoms with Crippen LogP contribution in [-0.2, 0) is 12.2 Å². The number of nitrogens with zero attached hydrogens (tertiary/aromatic N) is 3. The van der Waals surface area contributed by atoms with E-state index in [9.17, 15) is 0 Å². The lowest BCUT2D eigenvalue weighted by molar-refractivity contribution is 0.372.